The summed E-state index contributed by atoms with van der Waals surface area (Å²) in [6.45, 7) is 3.18. The van der Waals surface area contributed by atoms with Crippen LogP contribution < -0.4 is 10.6 Å². The van der Waals surface area contributed by atoms with E-state index in [0.717, 1.165) is 0 Å². The number of Topliss-reactive ketones (excluding diaryl/α,β-unsaturated/α-hetero) is 1. The number of ketones is 1. The summed E-state index contributed by atoms with van der Waals surface area (Å²) in [5.41, 5.74) is 0.890. The Hall–Kier alpha value is -1.36. The Balaban J connectivity index is 3.12. The van der Waals surface area contributed by atoms with Gasteiger partial charge >= 0.3 is 0 Å². The maximum atomic E-state index is 12.4. The highest BCUT2D eigenvalue weighted by Crippen LogP contribution is 2.40. The molecule has 0 fully saturated rings. The van der Waals surface area contributed by atoms with Gasteiger partial charge in [0.05, 0.1) is 18.2 Å². The first-order valence-corrected chi connectivity index (χ1v) is 9.45. The lowest BCUT2D eigenvalue weighted by molar-refractivity contribution is -0.123. The molecule has 0 saturated carbocycles. The van der Waals surface area contributed by atoms with Crippen LogP contribution in [0.4, 0.5) is 0 Å². The van der Waals surface area contributed by atoms with E-state index in [2.05, 4.69) is 10.6 Å². The summed E-state index contributed by atoms with van der Waals surface area (Å²) in [5, 5.41) is 23.2. The molecule has 0 aliphatic heterocycles. The Kier molecular flexibility index (Phi) is 9.51. The van der Waals surface area contributed by atoms with Gasteiger partial charge in [0, 0.05) is 5.56 Å². The number of carbonyl (C=O) groups excluding carboxylic acids is 2. The van der Waals surface area contributed by atoms with Crippen LogP contribution in [0, 0.1) is 17.2 Å². The van der Waals surface area contributed by atoms with Crippen molar-refractivity contribution >= 4 is 46.5 Å². The first kappa shape index (κ1) is 23.7. The third-order valence-electron chi connectivity index (χ3n) is 3.77. The molecule has 27 heavy (non-hydrogen) atoms. The molecule has 2 atom stereocenters. The molecule has 0 radical (unpaired) electrons. The van der Waals surface area contributed by atoms with Gasteiger partial charge in [0.2, 0.25) is 9.70 Å². The molecule has 0 bridgehead atoms. The van der Waals surface area contributed by atoms with Crippen LogP contribution in [0.1, 0.15) is 42.2 Å². The molecule has 0 aliphatic carbocycles. The number of alkyl halides is 3. The molecule has 0 heterocycles. The van der Waals surface area contributed by atoms with E-state index in [1.165, 1.54) is 12.1 Å². The van der Waals surface area contributed by atoms with Gasteiger partial charge in [-0.3, -0.25) is 14.9 Å². The molecule has 1 amide bonds. The van der Waals surface area contributed by atoms with Gasteiger partial charge in [-0.25, -0.2) is 0 Å². The normalized spacial score (nSPS) is 13.7. The van der Waals surface area contributed by atoms with Crippen LogP contribution >= 0.6 is 34.8 Å². The highest BCUT2D eigenvalue weighted by Gasteiger charge is 2.37. The fourth-order valence-corrected chi connectivity index (χ4v) is 3.07. The molecule has 0 saturated heterocycles. The topological polar surface area (TPSA) is 102 Å². The van der Waals surface area contributed by atoms with E-state index < -0.39 is 28.3 Å². The van der Waals surface area contributed by atoms with Gasteiger partial charge < -0.3 is 10.4 Å². The second kappa shape index (κ2) is 10.8. The number of nitrogens with zero attached hydrogens (tertiary/aromatic N) is 1. The minimum Gasteiger partial charge on any atom is -0.388 e. The maximum Gasteiger partial charge on any atom is 0.237 e. The zero-order valence-electron chi connectivity index (χ0n) is 15.0. The first-order valence-electron chi connectivity index (χ1n) is 8.31. The summed E-state index contributed by atoms with van der Waals surface area (Å²) in [7, 11) is 0. The molecule has 148 valence electrons. The zero-order valence-corrected chi connectivity index (χ0v) is 17.3. The predicted molar refractivity (Wildman–Crippen MR) is 106 cm³/mol. The monoisotopic (exact) mass is 433 g/mol. The van der Waals surface area contributed by atoms with Gasteiger partial charge in [0.1, 0.15) is 13.2 Å². The Morgan fingerprint density at radius 2 is 1.81 bits per heavy atom. The van der Waals surface area contributed by atoms with E-state index in [9.17, 15) is 9.59 Å². The second-order valence-corrected chi connectivity index (χ2v) is 8.77. The molecule has 0 spiro atoms. The van der Waals surface area contributed by atoms with Crippen LogP contribution in [0.25, 0.3) is 0 Å². The summed E-state index contributed by atoms with van der Waals surface area (Å²) in [4.78, 5) is 23.9. The lowest BCUT2D eigenvalue weighted by Gasteiger charge is -2.31. The molecule has 0 aromatic heterocycles. The third-order valence-corrected chi connectivity index (χ3v) is 4.42. The van der Waals surface area contributed by atoms with Crippen molar-refractivity contribution in [3.63, 3.8) is 0 Å². The van der Waals surface area contributed by atoms with Gasteiger partial charge in [-0.15, -0.1) is 0 Å². The van der Waals surface area contributed by atoms with E-state index in [1.54, 1.807) is 12.1 Å². The molecule has 1 unspecified atom stereocenters. The van der Waals surface area contributed by atoms with Gasteiger partial charge in [-0.05, 0) is 17.9 Å². The largest absolute Gasteiger partial charge is 0.388 e. The summed E-state index contributed by atoms with van der Waals surface area (Å²) in [5.74, 6) is -0.610. The summed E-state index contributed by atoms with van der Waals surface area (Å²) >= 11 is 18.4. The van der Waals surface area contributed by atoms with Gasteiger partial charge in [0.25, 0.3) is 0 Å². The number of amides is 1. The smallest absolute Gasteiger partial charge is 0.237 e. The van der Waals surface area contributed by atoms with E-state index in [-0.39, 0.29) is 18.4 Å². The van der Waals surface area contributed by atoms with Crippen molar-refractivity contribution in [2.45, 2.75) is 36.1 Å². The molecular weight excluding hydrogens is 413 g/mol. The molecule has 9 heteroatoms. The predicted octanol–water partition coefficient (Wildman–Crippen LogP) is 2.92. The molecule has 1 aromatic rings. The van der Waals surface area contributed by atoms with Crippen LogP contribution in [-0.4, -0.2) is 39.8 Å². The quantitative estimate of drug-likeness (QED) is 0.315. The van der Waals surface area contributed by atoms with Gasteiger partial charge in [-0.1, -0.05) is 72.9 Å². The van der Waals surface area contributed by atoms with E-state index >= 15 is 0 Å². The second-order valence-electron chi connectivity index (χ2n) is 6.40. The number of rotatable bonds is 9. The van der Waals surface area contributed by atoms with Gasteiger partial charge in [-0.2, -0.15) is 5.26 Å². The van der Waals surface area contributed by atoms with Crippen LogP contribution in [0.15, 0.2) is 24.3 Å². The van der Waals surface area contributed by atoms with Gasteiger partial charge in [0.15, 0.2) is 5.78 Å². The molecule has 1 aromatic carbocycles. The van der Waals surface area contributed by atoms with Crippen molar-refractivity contribution in [3.05, 3.63) is 35.4 Å². The number of benzene rings is 1. The number of hydrogen-bond acceptors (Lipinski definition) is 5. The molecule has 1 rings (SSSR count). The average molecular weight is 435 g/mol. The number of halogens is 3. The number of nitrogens with one attached hydrogen (secondary N) is 2. The number of aliphatic hydroxyl groups is 1. The minimum absolute atomic E-state index is 0.120. The van der Waals surface area contributed by atoms with Crippen molar-refractivity contribution in [1.82, 2.24) is 10.6 Å². The molecular formula is C18H22Cl3N3O3. The highest BCUT2D eigenvalue weighted by atomic mass is 35.6. The van der Waals surface area contributed by atoms with E-state index in [4.69, 9.17) is 45.2 Å². The highest BCUT2D eigenvalue weighted by molar-refractivity contribution is 6.68. The fraction of sp³-hybridized carbons (Fsp3) is 0.500. The number of aliphatic hydroxyl groups excluding tert-OH is 1. The van der Waals surface area contributed by atoms with Crippen molar-refractivity contribution in [1.29, 1.82) is 5.26 Å². The lowest BCUT2D eigenvalue weighted by atomic mass is 9.99. The molecule has 6 nitrogen and oxygen atoms in total. The van der Waals surface area contributed by atoms with Crippen LogP contribution in [-0.2, 0) is 4.79 Å². The summed E-state index contributed by atoms with van der Waals surface area (Å²) < 4.78 is -1.77. The van der Waals surface area contributed by atoms with Crippen molar-refractivity contribution in [3.8, 4) is 6.07 Å². The Bertz CT molecular complexity index is 682. The lowest BCUT2D eigenvalue weighted by Crippen LogP contribution is -2.49. The van der Waals surface area contributed by atoms with Crippen molar-refractivity contribution in [2.75, 3.05) is 13.2 Å². The van der Waals surface area contributed by atoms with Crippen LogP contribution in [0.5, 0.6) is 0 Å². The number of nitriles is 1. The van der Waals surface area contributed by atoms with Crippen LogP contribution in [0.3, 0.4) is 0 Å². The molecule has 0 aliphatic rings. The Morgan fingerprint density at radius 1 is 1.22 bits per heavy atom. The standard InChI is InChI=1S/C18H22Cl3N3O3/c1-11(2)9-14(17(27)23-8-7-22)24-16(18(19,20)21)13-5-3-12(4-6-13)15(26)10-25/h3-6,11,14,16,24-25H,8-10H2,1-2H3,(H,23,27)/t14-,16?/m0/s1. The van der Waals surface area contributed by atoms with Crippen LogP contribution in [0.2, 0.25) is 0 Å². The summed E-state index contributed by atoms with van der Waals surface area (Å²) in [6.07, 6.45) is 0.468. The van der Waals surface area contributed by atoms with Crippen molar-refractivity contribution in [2.24, 2.45) is 5.92 Å². The first-order chi connectivity index (χ1) is 12.6. The number of hydrogen-bond donors (Lipinski definition) is 3. The Labute approximate surface area is 173 Å². The number of carbonyl (C=O) groups is 2. The molecule has 3 N–H and O–H groups in total. The van der Waals surface area contributed by atoms with E-state index in [0.29, 0.717) is 17.5 Å². The fourth-order valence-electron chi connectivity index (χ4n) is 2.51. The average Bonchev–Trinajstić information content (AvgIpc) is 2.61. The third kappa shape index (κ3) is 7.65. The Morgan fingerprint density at radius 3 is 2.26 bits per heavy atom. The SMILES string of the molecule is CC(C)C[C@H](NC(c1ccc(C(=O)CO)cc1)C(Cl)(Cl)Cl)C(=O)NCC#N. The van der Waals surface area contributed by atoms with Crippen molar-refractivity contribution < 1.29 is 14.7 Å². The maximum absolute atomic E-state index is 12.4. The zero-order chi connectivity index (χ0) is 20.6. The minimum atomic E-state index is -1.77. The summed E-state index contributed by atoms with van der Waals surface area (Å²) in [6, 6.07) is 6.57. The van der Waals surface area contributed by atoms with E-state index in [1.807, 2.05) is 19.9 Å².